The molecule has 0 radical (unpaired) electrons. The van der Waals surface area contributed by atoms with Crippen LogP contribution in [0, 0.1) is 0 Å². The van der Waals surface area contributed by atoms with Crippen LogP contribution in [0.2, 0.25) is 0 Å². The lowest BCUT2D eigenvalue weighted by molar-refractivity contribution is 0.0932. The minimum Gasteiger partial charge on any atom is -0.497 e. The van der Waals surface area contributed by atoms with Gasteiger partial charge in [-0.3, -0.25) is 4.79 Å². The van der Waals surface area contributed by atoms with E-state index in [0.29, 0.717) is 5.56 Å². The normalized spacial score (nSPS) is 16.6. The van der Waals surface area contributed by atoms with Crippen molar-refractivity contribution in [3.63, 3.8) is 0 Å². The predicted molar refractivity (Wildman–Crippen MR) is 94.4 cm³/mol. The topological polar surface area (TPSA) is 54.1 Å². The number of para-hydroxylation sites is 1. The summed E-state index contributed by atoms with van der Waals surface area (Å²) in [5.41, 5.74) is 4.30. The molecule has 4 rings (SSSR count). The van der Waals surface area contributed by atoms with Crippen molar-refractivity contribution in [3.8, 4) is 5.75 Å². The van der Waals surface area contributed by atoms with Crippen LogP contribution in [0.5, 0.6) is 5.75 Å². The van der Waals surface area contributed by atoms with Gasteiger partial charge >= 0.3 is 0 Å². The van der Waals surface area contributed by atoms with Crippen LogP contribution in [0.3, 0.4) is 0 Å². The number of carbonyl (C=O) groups excluding carboxylic acids is 1. The van der Waals surface area contributed by atoms with Gasteiger partial charge in [-0.2, -0.15) is 0 Å². The number of H-pyrrole nitrogens is 1. The maximum atomic E-state index is 12.6. The van der Waals surface area contributed by atoms with Gasteiger partial charge in [-0.05, 0) is 55.2 Å². The number of rotatable bonds is 3. The first kappa shape index (κ1) is 14.8. The summed E-state index contributed by atoms with van der Waals surface area (Å²) >= 11 is 0. The van der Waals surface area contributed by atoms with Crippen LogP contribution < -0.4 is 10.1 Å². The highest BCUT2D eigenvalue weighted by atomic mass is 16.5. The number of aromatic amines is 1. The Hall–Kier alpha value is -2.75. The van der Waals surface area contributed by atoms with Crippen LogP contribution in [0.25, 0.3) is 10.9 Å². The highest BCUT2D eigenvalue weighted by molar-refractivity contribution is 5.95. The summed E-state index contributed by atoms with van der Waals surface area (Å²) < 4.78 is 5.14. The fraction of sp³-hybridized carbons (Fsp3) is 0.250. The molecule has 1 aromatic heterocycles. The number of hydrogen-bond acceptors (Lipinski definition) is 2. The Morgan fingerprint density at radius 2 is 1.96 bits per heavy atom. The van der Waals surface area contributed by atoms with Crippen molar-refractivity contribution in [2.24, 2.45) is 0 Å². The van der Waals surface area contributed by atoms with E-state index in [1.54, 1.807) is 19.2 Å². The molecule has 3 aromatic rings. The Balaban J connectivity index is 1.60. The Kier molecular flexibility index (Phi) is 3.73. The van der Waals surface area contributed by atoms with Crippen molar-refractivity contribution in [1.29, 1.82) is 0 Å². The molecule has 0 aliphatic heterocycles. The van der Waals surface area contributed by atoms with E-state index in [1.165, 1.54) is 10.9 Å². The van der Waals surface area contributed by atoms with Crippen molar-refractivity contribution in [3.05, 3.63) is 65.4 Å². The van der Waals surface area contributed by atoms with Gasteiger partial charge in [0, 0.05) is 22.2 Å². The van der Waals surface area contributed by atoms with E-state index in [4.69, 9.17) is 4.74 Å². The summed E-state index contributed by atoms with van der Waals surface area (Å²) in [6, 6.07) is 15.6. The van der Waals surface area contributed by atoms with Crippen LogP contribution in [-0.4, -0.2) is 18.0 Å². The first-order chi connectivity index (χ1) is 11.8. The van der Waals surface area contributed by atoms with Gasteiger partial charge in [-0.25, -0.2) is 0 Å². The van der Waals surface area contributed by atoms with Crippen LogP contribution in [-0.2, 0) is 6.42 Å². The van der Waals surface area contributed by atoms with E-state index in [1.807, 2.05) is 18.2 Å². The monoisotopic (exact) mass is 320 g/mol. The Labute approximate surface area is 140 Å². The molecule has 1 atom stereocenters. The number of aromatic nitrogens is 1. The molecule has 0 bridgehead atoms. The van der Waals surface area contributed by atoms with E-state index in [9.17, 15) is 4.79 Å². The summed E-state index contributed by atoms with van der Waals surface area (Å²) in [5, 5.41) is 4.45. The van der Waals surface area contributed by atoms with E-state index < -0.39 is 0 Å². The summed E-state index contributed by atoms with van der Waals surface area (Å²) in [6.45, 7) is 0. The van der Waals surface area contributed by atoms with E-state index in [2.05, 4.69) is 28.5 Å². The fourth-order valence-corrected chi connectivity index (χ4v) is 3.54. The molecule has 4 heteroatoms. The SMILES string of the molecule is COc1ccc(C(=O)N[C@H]2CCCc3c2[nH]c2ccccc32)cc1. The van der Waals surface area contributed by atoms with Crippen molar-refractivity contribution in [2.75, 3.05) is 7.11 Å². The van der Waals surface area contributed by atoms with Gasteiger partial charge in [0.2, 0.25) is 0 Å². The van der Waals surface area contributed by atoms with Gasteiger partial charge in [-0.15, -0.1) is 0 Å². The summed E-state index contributed by atoms with van der Waals surface area (Å²) in [6.07, 6.45) is 3.11. The third kappa shape index (κ3) is 2.54. The average Bonchev–Trinajstić information content (AvgIpc) is 3.02. The number of hydrogen-bond donors (Lipinski definition) is 2. The average molecular weight is 320 g/mol. The molecule has 122 valence electrons. The Morgan fingerprint density at radius 1 is 1.17 bits per heavy atom. The van der Waals surface area contributed by atoms with Crippen molar-refractivity contribution in [1.82, 2.24) is 10.3 Å². The largest absolute Gasteiger partial charge is 0.497 e. The maximum Gasteiger partial charge on any atom is 0.251 e. The van der Waals surface area contributed by atoms with E-state index in [0.717, 1.165) is 36.2 Å². The second-order valence-electron chi connectivity index (χ2n) is 6.21. The van der Waals surface area contributed by atoms with Gasteiger partial charge in [0.1, 0.15) is 5.75 Å². The van der Waals surface area contributed by atoms with Gasteiger partial charge in [0.25, 0.3) is 5.91 Å². The highest BCUT2D eigenvalue weighted by Crippen LogP contribution is 2.34. The van der Waals surface area contributed by atoms with Crippen LogP contribution in [0.4, 0.5) is 0 Å². The Morgan fingerprint density at radius 3 is 2.75 bits per heavy atom. The molecular weight excluding hydrogens is 300 g/mol. The molecule has 1 heterocycles. The number of amides is 1. The zero-order chi connectivity index (χ0) is 16.5. The second kappa shape index (κ2) is 6.04. The van der Waals surface area contributed by atoms with E-state index in [-0.39, 0.29) is 11.9 Å². The second-order valence-corrected chi connectivity index (χ2v) is 6.21. The smallest absolute Gasteiger partial charge is 0.251 e. The number of benzene rings is 2. The molecule has 0 saturated carbocycles. The first-order valence-corrected chi connectivity index (χ1v) is 8.30. The minimum absolute atomic E-state index is 0.0377. The minimum atomic E-state index is -0.0471. The standard InChI is InChI=1S/C20H20N2O2/c1-24-14-11-9-13(10-12-14)20(23)22-18-8-4-6-16-15-5-2-3-7-17(15)21-19(16)18/h2-3,5,7,9-12,18,21H,4,6,8H2,1H3,(H,22,23)/t18-/m0/s1. The van der Waals surface area contributed by atoms with Gasteiger partial charge in [-0.1, -0.05) is 18.2 Å². The maximum absolute atomic E-state index is 12.6. The number of fused-ring (bicyclic) bond motifs is 3. The third-order valence-electron chi connectivity index (χ3n) is 4.77. The molecule has 1 aliphatic rings. The molecule has 0 unspecified atom stereocenters. The van der Waals surface area contributed by atoms with Crippen molar-refractivity contribution < 1.29 is 9.53 Å². The van der Waals surface area contributed by atoms with Crippen LogP contribution >= 0.6 is 0 Å². The number of nitrogens with one attached hydrogen (secondary N) is 2. The Bertz CT molecular complexity index is 880. The molecule has 2 N–H and O–H groups in total. The molecule has 0 saturated heterocycles. The molecule has 1 aliphatic carbocycles. The number of aryl methyl sites for hydroxylation is 1. The zero-order valence-electron chi connectivity index (χ0n) is 13.6. The molecule has 0 fully saturated rings. The summed E-state index contributed by atoms with van der Waals surface area (Å²) in [4.78, 5) is 16.1. The first-order valence-electron chi connectivity index (χ1n) is 8.30. The molecule has 4 nitrogen and oxygen atoms in total. The number of carbonyl (C=O) groups is 1. The lowest BCUT2D eigenvalue weighted by Gasteiger charge is -2.24. The summed E-state index contributed by atoms with van der Waals surface area (Å²) in [5.74, 6) is 0.705. The van der Waals surface area contributed by atoms with E-state index >= 15 is 0 Å². The number of ether oxygens (including phenoxy) is 1. The van der Waals surface area contributed by atoms with Gasteiger partial charge < -0.3 is 15.0 Å². The number of methoxy groups -OCH3 is 1. The molecule has 1 amide bonds. The molecular formula is C20H20N2O2. The third-order valence-corrected chi connectivity index (χ3v) is 4.77. The quantitative estimate of drug-likeness (QED) is 0.767. The summed E-state index contributed by atoms with van der Waals surface area (Å²) in [7, 11) is 1.62. The lowest BCUT2D eigenvalue weighted by atomic mass is 9.91. The fourth-order valence-electron chi connectivity index (χ4n) is 3.54. The molecule has 2 aromatic carbocycles. The molecule has 24 heavy (non-hydrogen) atoms. The lowest BCUT2D eigenvalue weighted by Crippen LogP contribution is -2.31. The van der Waals surface area contributed by atoms with Crippen molar-refractivity contribution >= 4 is 16.8 Å². The van der Waals surface area contributed by atoms with Crippen molar-refractivity contribution in [2.45, 2.75) is 25.3 Å². The van der Waals surface area contributed by atoms with Gasteiger partial charge in [0.05, 0.1) is 13.2 Å². The highest BCUT2D eigenvalue weighted by Gasteiger charge is 2.25. The van der Waals surface area contributed by atoms with Gasteiger partial charge in [0.15, 0.2) is 0 Å². The zero-order valence-corrected chi connectivity index (χ0v) is 13.6. The predicted octanol–water partition coefficient (Wildman–Crippen LogP) is 3.98. The molecule has 0 spiro atoms. The van der Waals surface area contributed by atoms with Crippen LogP contribution in [0.15, 0.2) is 48.5 Å². The van der Waals surface area contributed by atoms with Crippen LogP contribution in [0.1, 0.15) is 40.5 Å².